The number of nitrogens with one attached hydrogen (secondary N) is 1. The van der Waals surface area contributed by atoms with Gasteiger partial charge >= 0.3 is 0 Å². The zero-order chi connectivity index (χ0) is 20.3. The van der Waals surface area contributed by atoms with Crippen molar-refractivity contribution >= 4 is 21.6 Å². The van der Waals surface area contributed by atoms with Gasteiger partial charge in [0, 0.05) is 17.5 Å². The number of aliphatic hydroxyl groups excluding tert-OH is 1. The monoisotopic (exact) mass is 401 g/mol. The highest BCUT2D eigenvalue weighted by Crippen LogP contribution is 2.32. The molecule has 2 heterocycles. The average molecular weight is 402 g/mol. The van der Waals surface area contributed by atoms with E-state index in [0.29, 0.717) is 24.3 Å². The van der Waals surface area contributed by atoms with Gasteiger partial charge in [0.25, 0.3) is 5.56 Å². The minimum atomic E-state index is -0.586. The zero-order valence-electron chi connectivity index (χ0n) is 16.7. The molecule has 0 unspecified atom stereocenters. The fourth-order valence-corrected chi connectivity index (χ4v) is 4.14. The summed E-state index contributed by atoms with van der Waals surface area (Å²) in [6.07, 6.45) is -0.501. The van der Waals surface area contributed by atoms with Crippen LogP contribution in [0.2, 0.25) is 0 Å². The molecule has 0 bridgehead atoms. The van der Waals surface area contributed by atoms with Gasteiger partial charge in [-0.2, -0.15) is 0 Å². The lowest BCUT2D eigenvalue weighted by atomic mass is 10.0. The molecule has 0 saturated carbocycles. The number of ether oxygens (including phenoxy) is 1. The molecule has 0 radical (unpaired) electrons. The molecule has 0 spiro atoms. The van der Waals surface area contributed by atoms with Crippen molar-refractivity contribution in [3.8, 4) is 11.1 Å². The van der Waals surface area contributed by atoms with Crippen molar-refractivity contribution in [2.75, 3.05) is 20.2 Å². The second-order valence-electron chi connectivity index (χ2n) is 7.39. The summed E-state index contributed by atoms with van der Waals surface area (Å²) in [4.78, 5) is 23.0. The van der Waals surface area contributed by atoms with Crippen LogP contribution in [-0.2, 0) is 11.3 Å². The molecule has 1 atom stereocenters. The number of aryl methyl sites for hydroxylation is 1. The minimum absolute atomic E-state index is 0.0849. The Morgan fingerprint density at radius 2 is 2.04 bits per heavy atom. The maximum Gasteiger partial charge on any atom is 0.260 e. The molecule has 1 aromatic carbocycles. The largest absolute Gasteiger partial charge is 0.389 e. The molecule has 3 aromatic rings. The number of rotatable bonds is 8. The standard InChI is InChI=1S/C21H27N3O3S/c1-13(2)27-11-15(25)9-24(4)10-18-22-20(26)19-17(12-28-21(19)23-18)16-8-6-5-7-14(16)3/h5-8,12-13,15,25H,9-11H2,1-4H3,(H,22,23,26)/t15-/m1/s1. The Hall–Kier alpha value is -2.06. The number of aromatic nitrogens is 2. The van der Waals surface area contributed by atoms with E-state index in [0.717, 1.165) is 21.5 Å². The van der Waals surface area contributed by atoms with Gasteiger partial charge in [-0.1, -0.05) is 24.3 Å². The molecule has 0 saturated heterocycles. The Morgan fingerprint density at radius 1 is 1.29 bits per heavy atom. The van der Waals surface area contributed by atoms with Gasteiger partial charge in [-0.15, -0.1) is 11.3 Å². The van der Waals surface area contributed by atoms with Crippen molar-refractivity contribution in [1.29, 1.82) is 0 Å². The van der Waals surface area contributed by atoms with Gasteiger partial charge in [0.15, 0.2) is 0 Å². The first kappa shape index (κ1) is 20.7. The van der Waals surface area contributed by atoms with Crippen molar-refractivity contribution in [2.45, 2.75) is 39.5 Å². The predicted molar refractivity (Wildman–Crippen MR) is 114 cm³/mol. The first-order valence-corrected chi connectivity index (χ1v) is 10.3. The number of nitrogens with zero attached hydrogens (tertiary/aromatic N) is 2. The van der Waals surface area contributed by atoms with Crippen LogP contribution in [-0.4, -0.2) is 52.4 Å². The summed E-state index contributed by atoms with van der Waals surface area (Å²) in [5, 5.41) is 12.7. The highest BCUT2D eigenvalue weighted by atomic mass is 32.1. The fraction of sp³-hybridized carbons (Fsp3) is 0.429. The highest BCUT2D eigenvalue weighted by Gasteiger charge is 2.16. The zero-order valence-corrected chi connectivity index (χ0v) is 17.5. The van der Waals surface area contributed by atoms with Gasteiger partial charge in [0.05, 0.1) is 30.7 Å². The fourth-order valence-electron chi connectivity index (χ4n) is 3.18. The lowest BCUT2D eigenvalue weighted by Gasteiger charge is -2.20. The number of H-pyrrole nitrogens is 1. The van der Waals surface area contributed by atoms with Gasteiger partial charge in [-0.05, 0) is 38.9 Å². The SMILES string of the molecule is Cc1ccccc1-c1csc2nc(CN(C)C[C@@H](O)COC(C)C)[nH]c(=O)c12. The van der Waals surface area contributed by atoms with E-state index in [4.69, 9.17) is 4.74 Å². The molecular formula is C21H27N3O3S. The maximum atomic E-state index is 12.8. The van der Waals surface area contributed by atoms with Crippen LogP contribution < -0.4 is 5.56 Å². The van der Waals surface area contributed by atoms with E-state index in [1.807, 2.05) is 62.4 Å². The molecule has 0 aliphatic carbocycles. The molecule has 6 nitrogen and oxygen atoms in total. The van der Waals surface area contributed by atoms with Crippen LogP contribution in [0.15, 0.2) is 34.4 Å². The number of aliphatic hydroxyl groups is 1. The Bertz CT molecular complexity index is 996. The third kappa shape index (κ3) is 4.86. The second kappa shape index (κ2) is 8.96. The Morgan fingerprint density at radius 3 is 2.75 bits per heavy atom. The first-order chi connectivity index (χ1) is 13.3. The van der Waals surface area contributed by atoms with Crippen LogP contribution >= 0.6 is 11.3 Å². The lowest BCUT2D eigenvalue weighted by molar-refractivity contribution is -0.00656. The molecule has 2 aromatic heterocycles. The molecule has 0 fully saturated rings. The number of benzene rings is 1. The van der Waals surface area contributed by atoms with Crippen molar-refractivity contribution in [3.63, 3.8) is 0 Å². The lowest BCUT2D eigenvalue weighted by Crippen LogP contribution is -2.33. The minimum Gasteiger partial charge on any atom is -0.389 e. The van der Waals surface area contributed by atoms with Gasteiger partial charge in [-0.3, -0.25) is 9.69 Å². The average Bonchev–Trinajstić information content (AvgIpc) is 3.04. The van der Waals surface area contributed by atoms with E-state index in [9.17, 15) is 9.90 Å². The van der Waals surface area contributed by atoms with E-state index >= 15 is 0 Å². The van der Waals surface area contributed by atoms with Crippen molar-refractivity contribution in [1.82, 2.24) is 14.9 Å². The molecule has 3 rings (SSSR count). The van der Waals surface area contributed by atoms with Crippen LogP contribution in [0, 0.1) is 6.92 Å². The smallest absolute Gasteiger partial charge is 0.260 e. The quantitative estimate of drug-likeness (QED) is 0.606. The number of fused-ring (bicyclic) bond motifs is 1. The number of likely N-dealkylation sites (N-methyl/N-ethyl adjacent to an activating group) is 1. The third-order valence-electron chi connectivity index (χ3n) is 4.49. The Labute approximate surface area is 168 Å². The topological polar surface area (TPSA) is 78.5 Å². The highest BCUT2D eigenvalue weighted by molar-refractivity contribution is 7.17. The number of thiophene rings is 1. The van der Waals surface area contributed by atoms with Crippen LogP contribution in [0.25, 0.3) is 21.3 Å². The molecule has 7 heteroatoms. The third-order valence-corrected chi connectivity index (χ3v) is 5.36. The van der Waals surface area contributed by atoms with Crippen molar-refractivity contribution in [3.05, 3.63) is 51.4 Å². The normalized spacial score (nSPS) is 13.0. The molecule has 150 valence electrons. The van der Waals surface area contributed by atoms with Crippen LogP contribution in [0.3, 0.4) is 0 Å². The molecule has 0 amide bonds. The molecule has 0 aliphatic heterocycles. The van der Waals surface area contributed by atoms with Crippen molar-refractivity contribution in [2.24, 2.45) is 0 Å². The van der Waals surface area contributed by atoms with Gasteiger partial charge in [-0.25, -0.2) is 4.98 Å². The van der Waals surface area contributed by atoms with Gasteiger partial charge in [0.1, 0.15) is 10.7 Å². The molecule has 0 aliphatic rings. The summed E-state index contributed by atoms with van der Waals surface area (Å²) >= 11 is 1.48. The van der Waals surface area contributed by atoms with Crippen LogP contribution in [0.1, 0.15) is 25.2 Å². The number of hydrogen-bond donors (Lipinski definition) is 2. The summed E-state index contributed by atoms with van der Waals surface area (Å²) in [7, 11) is 1.88. The predicted octanol–water partition coefficient (Wildman–Crippen LogP) is 3.18. The number of hydrogen-bond acceptors (Lipinski definition) is 6. The first-order valence-electron chi connectivity index (χ1n) is 9.39. The van der Waals surface area contributed by atoms with Gasteiger partial charge < -0.3 is 14.8 Å². The molecular weight excluding hydrogens is 374 g/mol. The van der Waals surface area contributed by atoms with E-state index in [-0.39, 0.29) is 18.3 Å². The Kier molecular flexibility index (Phi) is 6.61. The van der Waals surface area contributed by atoms with E-state index in [2.05, 4.69) is 9.97 Å². The summed E-state index contributed by atoms with van der Waals surface area (Å²) < 4.78 is 5.44. The van der Waals surface area contributed by atoms with E-state index < -0.39 is 6.10 Å². The second-order valence-corrected chi connectivity index (χ2v) is 8.25. The van der Waals surface area contributed by atoms with Crippen molar-refractivity contribution < 1.29 is 9.84 Å². The Balaban J connectivity index is 1.78. The number of aromatic amines is 1. The van der Waals surface area contributed by atoms with Crippen LogP contribution in [0.5, 0.6) is 0 Å². The molecule has 28 heavy (non-hydrogen) atoms. The van der Waals surface area contributed by atoms with E-state index in [1.165, 1.54) is 11.3 Å². The maximum absolute atomic E-state index is 12.8. The van der Waals surface area contributed by atoms with E-state index in [1.54, 1.807) is 0 Å². The summed E-state index contributed by atoms with van der Waals surface area (Å²) in [6.45, 7) is 7.09. The summed E-state index contributed by atoms with van der Waals surface area (Å²) in [6, 6.07) is 8.03. The van der Waals surface area contributed by atoms with Gasteiger partial charge in [0.2, 0.25) is 0 Å². The summed E-state index contributed by atoms with van der Waals surface area (Å²) in [5.74, 6) is 0.593. The summed E-state index contributed by atoms with van der Waals surface area (Å²) in [5.41, 5.74) is 2.98. The van der Waals surface area contributed by atoms with Crippen LogP contribution in [0.4, 0.5) is 0 Å². The molecule has 2 N–H and O–H groups in total.